The largest absolute Gasteiger partial charge is 0.460 e. The van der Waals surface area contributed by atoms with E-state index in [0.29, 0.717) is 30.6 Å². The van der Waals surface area contributed by atoms with Gasteiger partial charge in [0.15, 0.2) is 5.82 Å². The summed E-state index contributed by atoms with van der Waals surface area (Å²) in [4.78, 5) is 28.8. The van der Waals surface area contributed by atoms with Crippen molar-refractivity contribution in [3.8, 4) is 0 Å². The molecule has 1 saturated carbocycles. The van der Waals surface area contributed by atoms with E-state index in [0.717, 1.165) is 5.52 Å². The minimum Gasteiger partial charge on any atom is -0.460 e. The second kappa shape index (κ2) is 6.22. The summed E-state index contributed by atoms with van der Waals surface area (Å²) < 4.78 is 5.42. The lowest BCUT2D eigenvalue weighted by atomic mass is 10.0. The van der Waals surface area contributed by atoms with Gasteiger partial charge in [0.25, 0.3) is 0 Å². The number of H-pyrrole nitrogens is 1. The molecule has 0 aromatic carbocycles. The number of hydrogen-bond acceptors (Lipinski definition) is 5. The Kier molecular flexibility index (Phi) is 4.26. The third-order valence-electron chi connectivity index (χ3n) is 4.11. The van der Waals surface area contributed by atoms with E-state index < -0.39 is 5.60 Å². The average Bonchev–Trinajstić information content (AvgIpc) is 3.13. The van der Waals surface area contributed by atoms with Gasteiger partial charge >= 0.3 is 5.97 Å². The lowest BCUT2D eigenvalue weighted by Gasteiger charge is -2.22. The molecule has 3 rings (SSSR count). The van der Waals surface area contributed by atoms with Gasteiger partial charge in [0, 0.05) is 12.1 Å². The van der Waals surface area contributed by atoms with Gasteiger partial charge in [0.1, 0.15) is 11.1 Å². The van der Waals surface area contributed by atoms with Crippen LogP contribution < -0.4 is 5.32 Å². The molecule has 2 N–H and O–H groups in total. The summed E-state index contributed by atoms with van der Waals surface area (Å²) in [5.41, 5.74) is 0.898. The first-order valence-electron chi connectivity index (χ1n) is 8.16. The lowest BCUT2D eigenvalue weighted by molar-refractivity contribution is -0.159. The van der Waals surface area contributed by atoms with Crippen molar-refractivity contribution in [2.45, 2.75) is 45.6 Å². The molecule has 1 aliphatic rings. The van der Waals surface area contributed by atoms with Gasteiger partial charge in [-0.05, 0) is 52.2 Å². The smallest absolute Gasteiger partial charge is 0.309 e. The van der Waals surface area contributed by atoms with Crippen LogP contribution in [0.1, 0.15) is 40.0 Å². The monoisotopic (exact) mass is 330 g/mol. The molecule has 2 aromatic rings. The molecular formula is C17H22N4O3. The van der Waals surface area contributed by atoms with Gasteiger partial charge < -0.3 is 10.1 Å². The number of hydrogen-bond donors (Lipinski definition) is 2. The molecule has 1 amide bonds. The number of fused-ring (bicyclic) bond motifs is 1. The number of esters is 1. The van der Waals surface area contributed by atoms with Gasteiger partial charge in [-0.15, -0.1) is 0 Å². The third kappa shape index (κ3) is 3.55. The molecule has 0 saturated heterocycles. The molecule has 7 heteroatoms. The van der Waals surface area contributed by atoms with E-state index in [1.807, 2.05) is 26.8 Å². The number of carbonyl (C=O) groups excluding carboxylic acids is 2. The summed E-state index contributed by atoms with van der Waals surface area (Å²) in [6, 6.07) is 3.65. The van der Waals surface area contributed by atoms with E-state index in [-0.39, 0.29) is 23.7 Å². The van der Waals surface area contributed by atoms with E-state index in [4.69, 9.17) is 4.74 Å². The predicted octanol–water partition coefficient (Wildman–Crippen LogP) is 2.65. The minimum atomic E-state index is -0.503. The first-order valence-corrected chi connectivity index (χ1v) is 8.16. The summed E-state index contributed by atoms with van der Waals surface area (Å²) >= 11 is 0. The maximum Gasteiger partial charge on any atom is 0.309 e. The number of nitrogens with zero attached hydrogens (tertiary/aromatic N) is 2. The van der Waals surface area contributed by atoms with Crippen LogP contribution in [0.5, 0.6) is 0 Å². The highest BCUT2D eigenvalue weighted by Gasteiger charge is 2.36. The molecule has 0 radical (unpaired) electrons. The number of amides is 1. The predicted molar refractivity (Wildman–Crippen MR) is 89.2 cm³/mol. The quantitative estimate of drug-likeness (QED) is 0.843. The van der Waals surface area contributed by atoms with Crippen LogP contribution >= 0.6 is 0 Å². The number of ether oxygens (including phenoxy) is 1. The summed E-state index contributed by atoms with van der Waals surface area (Å²) in [7, 11) is 0. The fourth-order valence-electron chi connectivity index (χ4n) is 2.98. The van der Waals surface area contributed by atoms with Gasteiger partial charge in [0.2, 0.25) is 5.91 Å². The van der Waals surface area contributed by atoms with Gasteiger partial charge in [-0.2, -0.15) is 5.10 Å². The third-order valence-corrected chi connectivity index (χ3v) is 4.11. The molecule has 24 heavy (non-hydrogen) atoms. The number of carbonyl (C=O) groups is 2. The highest BCUT2D eigenvalue weighted by Crippen LogP contribution is 2.33. The molecule has 7 nitrogen and oxygen atoms in total. The van der Waals surface area contributed by atoms with Crippen LogP contribution in [0.2, 0.25) is 0 Å². The fraction of sp³-hybridized carbons (Fsp3) is 0.529. The molecule has 2 aromatic heterocycles. The van der Waals surface area contributed by atoms with Crippen molar-refractivity contribution < 1.29 is 14.3 Å². The van der Waals surface area contributed by atoms with E-state index in [1.54, 1.807) is 12.3 Å². The second-order valence-electron chi connectivity index (χ2n) is 7.20. The Morgan fingerprint density at radius 1 is 1.29 bits per heavy atom. The minimum absolute atomic E-state index is 0.125. The normalized spacial score (nSPS) is 21.0. The van der Waals surface area contributed by atoms with Crippen molar-refractivity contribution in [3.63, 3.8) is 0 Å². The number of aromatic amines is 1. The molecule has 0 aliphatic heterocycles. The Morgan fingerprint density at radius 3 is 2.79 bits per heavy atom. The zero-order valence-electron chi connectivity index (χ0n) is 14.1. The number of aromatic nitrogens is 3. The van der Waals surface area contributed by atoms with Crippen molar-refractivity contribution in [2.75, 3.05) is 5.32 Å². The molecule has 128 valence electrons. The van der Waals surface area contributed by atoms with Crippen molar-refractivity contribution in [2.24, 2.45) is 11.8 Å². The van der Waals surface area contributed by atoms with Crippen molar-refractivity contribution in [3.05, 3.63) is 18.3 Å². The zero-order valence-corrected chi connectivity index (χ0v) is 14.1. The van der Waals surface area contributed by atoms with Gasteiger partial charge in [-0.3, -0.25) is 19.7 Å². The number of pyridine rings is 1. The molecule has 1 aliphatic carbocycles. The Hall–Kier alpha value is -2.44. The lowest BCUT2D eigenvalue weighted by Crippen LogP contribution is -2.28. The molecule has 2 heterocycles. The van der Waals surface area contributed by atoms with E-state index in [1.165, 1.54) is 0 Å². The molecular weight excluding hydrogens is 308 g/mol. The maximum atomic E-state index is 12.5. The first kappa shape index (κ1) is 16.4. The van der Waals surface area contributed by atoms with Gasteiger partial charge in [-0.25, -0.2) is 0 Å². The summed E-state index contributed by atoms with van der Waals surface area (Å²) in [6.45, 7) is 5.54. The molecule has 0 bridgehead atoms. The van der Waals surface area contributed by atoms with Crippen LogP contribution in [0.25, 0.3) is 11.0 Å². The maximum absolute atomic E-state index is 12.5. The second-order valence-corrected chi connectivity index (χ2v) is 7.20. The number of nitrogens with one attached hydrogen (secondary N) is 2. The SMILES string of the molecule is CC(C)(C)OC(=O)[C@@H]1CC[C@H](C(=O)Nc2n[nH]c3cccnc23)C1. The van der Waals surface area contributed by atoms with Crippen LogP contribution in [0.15, 0.2) is 18.3 Å². The van der Waals surface area contributed by atoms with E-state index >= 15 is 0 Å². The van der Waals surface area contributed by atoms with Crippen molar-refractivity contribution >= 4 is 28.7 Å². The fourth-order valence-corrected chi connectivity index (χ4v) is 2.98. The average molecular weight is 330 g/mol. The molecule has 2 atom stereocenters. The Morgan fingerprint density at radius 2 is 2.04 bits per heavy atom. The highest BCUT2D eigenvalue weighted by molar-refractivity contribution is 5.99. The van der Waals surface area contributed by atoms with Crippen molar-refractivity contribution in [1.29, 1.82) is 0 Å². The molecule has 1 fully saturated rings. The summed E-state index contributed by atoms with van der Waals surface area (Å²) in [5.74, 6) is -0.340. The Bertz CT molecular complexity index is 763. The Labute approximate surface area is 140 Å². The highest BCUT2D eigenvalue weighted by atomic mass is 16.6. The Balaban J connectivity index is 1.62. The van der Waals surface area contributed by atoms with Crippen LogP contribution in [0.4, 0.5) is 5.82 Å². The topological polar surface area (TPSA) is 97.0 Å². The number of anilines is 1. The standard InChI is InChI=1S/C17H22N4O3/c1-17(2,3)24-16(23)11-7-6-10(9-11)15(22)19-14-13-12(20-21-14)5-4-8-18-13/h4-5,8,10-11H,6-7,9H2,1-3H3,(H2,19,20,21,22)/t10-,11+/m0/s1. The van der Waals surface area contributed by atoms with Crippen LogP contribution in [0, 0.1) is 11.8 Å². The van der Waals surface area contributed by atoms with Crippen molar-refractivity contribution in [1.82, 2.24) is 15.2 Å². The zero-order chi connectivity index (χ0) is 17.3. The van der Waals surface area contributed by atoms with Crippen LogP contribution in [-0.2, 0) is 14.3 Å². The van der Waals surface area contributed by atoms with Crippen LogP contribution in [0.3, 0.4) is 0 Å². The summed E-state index contributed by atoms with van der Waals surface area (Å²) in [6.07, 6.45) is 3.51. The van der Waals surface area contributed by atoms with Gasteiger partial charge in [0.05, 0.1) is 11.4 Å². The van der Waals surface area contributed by atoms with Crippen LogP contribution in [-0.4, -0.2) is 32.7 Å². The van der Waals surface area contributed by atoms with E-state index in [9.17, 15) is 9.59 Å². The van der Waals surface area contributed by atoms with Gasteiger partial charge in [-0.1, -0.05) is 0 Å². The molecule has 0 unspecified atom stereocenters. The van der Waals surface area contributed by atoms with E-state index in [2.05, 4.69) is 20.5 Å². The summed E-state index contributed by atoms with van der Waals surface area (Å²) in [5, 5.41) is 9.75. The number of rotatable bonds is 3. The first-order chi connectivity index (χ1) is 11.3. The molecule has 0 spiro atoms.